The van der Waals surface area contributed by atoms with Crippen LogP contribution in [-0.2, 0) is 0 Å². The van der Waals surface area contributed by atoms with Crippen LogP contribution in [0.3, 0.4) is 0 Å². The summed E-state index contributed by atoms with van der Waals surface area (Å²) >= 11 is 0. The van der Waals surface area contributed by atoms with Gasteiger partial charge in [0, 0.05) is 13.6 Å². The lowest BCUT2D eigenvalue weighted by atomic mass is 9.96. The van der Waals surface area contributed by atoms with Crippen LogP contribution in [0, 0.1) is 12.3 Å². The molecular formula is C12H19N5. The number of aromatic nitrogens is 4. The Kier molecular flexibility index (Phi) is 2.77. The number of hydrogen-bond acceptors (Lipinski definition) is 4. The highest BCUT2D eigenvalue weighted by atomic mass is 15.4. The Labute approximate surface area is 101 Å². The number of fused-ring (bicyclic) bond motifs is 1. The fraction of sp³-hybridized carbons (Fsp3) is 0.583. The standard InChI is InChI=1S/C12H19N5/c1-9-13-14-10-6-7-11(15-17(9)10)16(5)8-12(2,3)4/h6-7H,8H2,1-5H3. The van der Waals surface area contributed by atoms with E-state index in [0.717, 1.165) is 23.8 Å². The molecule has 0 aliphatic carbocycles. The Morgan fingerprint density at radius 2 is 1.94 bits per heavy atom. The molecule has 0 saturated carbocycles. The molecule has 2 aromatic rings. The van der Waals surface area contributed by atoms with Crippen LogP contribution in [0.4, 0.5) is 5.82 Å². The van der Waals surface area contributed by atoms with Crippen LogP contribution in [0.1, 0.15) is 26.6 Å². The average molecular weight is 233 g/mol. The molecule has 0 radical (unpaired) electrons. The highest BCUT2D eigenvalue weighted by Crippen LogP contribution is 2.18. The number of rotatable bonds is 2. The minimum absolute atomic E-state index is 0.244. The van der Waals surface area contributed by atoms with Crippen LogP contribution >= 0.6 is 0 Å². The van der Waals surface area contributed by atoms with Crippen LogP contribution in [0.25, 0.3) is 5.65 Å². The zero-order valence-corrected chi connectivity index (χ0v) is 11.1. The maximum absolute atomic E-state index is 4.54. The minimum atomic E-state index is 0.244. The van der Waals surface area contributed by atoms with Gasteiger partial charge in [-0.25, -0.2) is 0 Å². The number of hydrogen-bond donors (Lipinski definition) is 0. The SMILES string of the molecule is Cc1nnc2ccc(N(C)CC(C)(C)C)nn12. The van der Waals surface area contributed by atoms with Crippen molar-refractivity contribution in [2.45, 2.75) is 27.7 Å². The second-order valence-corrected chi connectivity index (χ2v) is 5.63. The molecule has 5 heteroatoms. The molecule has 0 unspecified atom stereocenters. The first-order chi connectivity index (χ1) is 7.87. The summed E-state index contributed by atoms with van der Waals surface area (Å²) in [5, 5.41) is 12.6. The summed E-state index contributed by atoms with van der Waals surface area (Å²) < 4.78 is 1.77. The largest absolute Gasteiger partial charge is 0.358 e. The van der Waals surface area contributed by atoms with Crippen molar-refractivity contribution in [1.29, 1.82) is 0 Å². The summed E-state index contributed by atoms with van der Waals surface area (Å²) in [5.41, 5.74) is 1.03. The monoisotopic (exact) mass is 233 g/mol. The number of aryl methyl sites for hydroxylation is 1. The molecule has 2 rings (SSSR count). The molecule has 0 bridgehead atoms. The van der Waals surface area contributed by atoms with Gasteiger partial charge in [0.05, 0.1) is 0 Å². The predicted molar refractivity (Wildman–Crippen MR) is 68.2 cm³/mol. The topological polar surface area (TPSA) is 46.3 Å². The maximum Gasteiger partial charge on any atom is 0.178 e. The summed E-state index contributed by atoms with van der Waals surface area (Å²) in [7, 11) is 2.05. The highest BCUT2D eigenvalue weighted by molar-refractivity contribution is 5.45. The van der Waals surface area contributed by atoms with E-state index in [1.807, 2.05) is 19.1 Å². The van der Waals surface area contributed by atoms with Gasteiger partial charge >= 0.3 is 0 Å². The normalized spacial score (nSPS) is 12.1. The van der Waals surface area contributed by atoms with E-state index in [0.29, 0.717) is 0 Å². The summed E-state index contributed by atoms with van der Waals surface area (Å²) in [4.78, 5) is 2.15. The van der Waals surface area contributed by atoms with E-state index >= 15 is 0 Å². The van der Waals surface area contributed by atoms with Crippen molar-refractivity contribution >= 4 is 11.5 Å². The van der Waals surface area contributed by atoms with Gasteiger partial charge in [0.2, 0.25) is 0 Å². The Morgan fingerprint density at radius 1 is 1.24 bits per heavy atom. The average Bonchev–Trinajstić information content (AvgIpc) is 2.57. The van der Waals surface area contributed by atoms with E-state index in [-0.39, 0.29) is 5.41 Å². The molecule has 0 atom stereocenters. The van der Waals surface area contributed by atoms with Crippen LogP contribution in [0.5, 0.6) is 0 Å². The summed E-state index contributed by atoms with van der Waals surface area (Å²) in [6, 6.07) is 3.93. The van der Waals surface area contributed by atoms with Gasteiger partial charge in [0.15, 0.2) is 11.5 Å². The second-order valence-electron chi connectivity index (χ2n) is 5.63. The Balaban J connectivity index is 2.32. The van der Waals surface area contributed by atoms with Gasteiger partial charge in [-0.1, -0.05) is 20.8 Å². The predicted octanol–water partition coefficient (Wildman–Crippen LogP) is 1.92. The molecule has 0 spiro atoms. The lowest BCUT2D eigenvalue weighted by Crippen LogP contribution is -2.30. The van der Waals surface area contributed by atoms with Gasteiger partial charge in [-0.2, -0.15) is 4.52 Å². The van der Waals surface area contributed by atoms with E-state index in [9.17, 15) is 0 Å². The first-order valence-electron chi connectivity index (χ1n) is 5.77. The molecular weight excluding hydrogens is 214 g/mol. The van der Waals surface area contributed by atoms with Crippen molar-refractivity contribution in [3.05, 3.63) is 18.0 Å². The molecule has 0 aliphatic rings. The molecule has 0 fully saturated rings. The molecule has 5 nitrogen and oxygen atoms in total. The molecule has 0 aliphatic heterocycles. The highest BCUT2D eigenvalue weighted by Gasteiger charge is 2.15. The van der Waals surface area contributed by atoms with Crippen molar-refractivity contribution < 1.29 is 0 Å². The van der Waals surface area contributed by atoms with Crippen molar-refractivity contribution in [3.8, 4) is 0 Å². The van der Waals surface area contributed by atoms with Crippen LogP contribution < -0.4 is 4.90 Å². The smallest absolute Gasteiger partial charge is 0.178 e. The molecule has 0 aromatic carbocycles. The van der Waals surface area contributed by atoms with E-state index in [1.54, 1.807) is 4.52 Å². The molecule has 17 heavy (non-hydrogen) atoms. The molecule has 0 N–H and O–H groups in total. The molecule has 0 saturated heterocycles. The van der Waals surface area contributed by atoms with Gasteiger partial charge in [0.25, 0.3) is 0 Å². The van der Waals surface area contributed by atoms with Gasteiger partial charge in [-0.05, 0) is 24.5 Å². The lowest BCUT2D eigenvalue weighted by Gasteiger charge is -2.27. The molecule has 0 amide bonds. The zero-order valence-electron chi connectivity index (χ0n) is 11.1. The zero-order chi connectivity index (χ0) is 12.6. The van der Waals surface area contributed by atoms with E-state index < -0.39 is 0 Å². The third-order valence-electron chi connectivity index (χ3n) is 2.51. The Bertz CT molecular complexity index is 523. The van der Waals surface area contributed by atoms with E-state index in [2.05, 4.69) is 48.0 Å². The van der Waals surface area contributed by atoms with Crippen molar-refractivity contribution in [2.24, 2.45) is 5.41 Å². The quantitative estimate of drug-likeness (QED) is 0.795. The third kappa shape index (κ3) is 2.54. The third-order valence-corrected chi connectivity index (χ3v) is 2.51. The lowest BCUT2D eigenvalue weighted by molar-refractivity contribution is 0.417. The van der Waals surface area contributed by atoms with Crippen molar-refractivity contribution in [2.75, 3.05) is 18.5 Å². The van der Waals surface area contributed by atoms with E-state index in [1.165, 1.54) is 0 Å². The summed E-state index contributed by atoms with van der Waals surface area (Å²) in [6.45, 7) is 9.50. The Morgan fingerprint density at radius 3 is 2.59 bits per heavy atom. The molecule has 92 valence electrons. The van der Waals surface area contributed by atoms with Crippen molar-refractivity contribution in [1.82, 2.24) is 19.8 Å². The number of nitrogens with zero attached hydrogens (tertiary/aromatic N) is 5. The van der Waals surface area contributed by atoms with Gasteiger partial charge in [0.1, 0.15) is 5.82 Å². The minimum Gasteiger partial charge on any atom is -0.358 e. The van der Waals surface area contributed by atoms with Gasteiger partial charge < -0.3 is 4.90 Å². The van der Waals surface area contributed by atoms with Gasteiger partial charge in [-0.3, -0.25) is 0 Å². The second kappa shape index (κ2) is 3.98. The fourth-order valence-electron chi connectivity index (χ4n) is 1.88. The Hall–Kier alpha value is -1.65. The first-order valence-corrected chi connectivity index (χ1v) is 5.77. The maximum atomic E-state index is 4.54. The molecule has 2 heterocycles. The van der Waals surface area contributed by atoms with Crippen LogP contribution in [-0.4, -0.2) is 33.4 Å². The summed E-state index contributed by atoms with van der Waals surface area (Å²) in [5.74, 6) is 1.75. The van der Waals surface area contributed by atoms with Crippen LogP contribution in [0.2, 0.25) is 0 Å². The van der Waals surface area contributed by atoms with Crippen molar-refractivity contribution in [3.63, 3.8) is 0 Å². The van der Waals surface area contributed by atoms with Gasteiger partial charge in [-0.15, -0.1) is 15.3 Å². The molecule has 2 aromatic heterocycles. The van der Waals surface area contributed by atoms with E-state index in [4.69, 9.17) is 0 Å². The first kappa shape index (κ1) is 11.8. The number of anilines is 1. The summed E-state index contributed by atoms with van der Waals surface area (Å²) in [6.07, 6.45) is 0. The van der Waals surface area contributed by atoms with Crippen LogP contribution in [0.15, 0.2) is 12.1 Å². The fourth-order valence-corrected chi connectivity index (χ4v) is 1.88.